The third-order valence-electron chi connectivity index (χ3n) is 2.74. The van der Waals surface area contributed by atoms with Gasteiger partial charge in [0.1, 0.15) is 0 Å². The molecule has 1 rings (SSSR count). The molecule has 1 aromatic rings. The quantitative estimate of drug-likeness (QED) is 0.707. The maximum absolute atomic E-state index is 11.6. The highest BCUT2D eigenvalue weighted by molar-refractivity contribution is 7.09. The normalized spacial score (nSPS) is 12.4. The van der Waals surface area contributed by atoms with E-state index in [1.807, 2.05) is 20.9 Å². The third-order valence-corrected chi connectivity index (χ3v) is 3.77. The van der Waals surface area contributed by atoms with Crippen molar-refractivity contribution in [3.63, 3.8) is 0 Å². The second-order valence-electron chi connectivity index (χ2n) is 4.59. The summed E-state index contributed by atoms with van der Waals surface area (Å²) < 4.78 is 0. The van der Waals surface area contributed by atoms with Gasteiger partial charge in [0.05, 0.1) is 5.01 Å². The van der Waals surface area contributed by atoms with Crippen LogP contribution in [0.1, 0.15) is 30.5 Å². The molecule has 1 atom stereocenters. The second-order valence-corrected chi connectivity index (χ2v) is 5.53. The van der Waals surface area contributed by atoms with Crippen LogP contribution in [0.25, 0.3) is 0 Å². The molecule has 2 N–H and O–H groups in total. The van der Waals surface area contributed by atoms with Gasteiger partial charge in [-0.2, -0.15) is 0 Å². The van der Waals surface area contributed by atoms with Crippen molar-refractivity contribution in [2.24, 2.45) is 5.92 Å². The number of nitrogens with zero attached hydrogens (tertiary/aromatic N) is 1. The highest BCUT2D eigenvalue weighted by Gasteiger charge is 2.10. The molecule has 5 heteroatoms. The highest BCUT2D eigenvalue weighted by atomic mass is 32.1. The topological polar surface area (TPSA) is 54.0 Å². The third kappa shape index (κ3) is 5.60. The van der Waals surface area contributed by atoms with Crippen molar-refractivity contribution < 1.29 is 4.79 Å². The number of carbonyl (C=O) groups is 1. The fraction of sp³-hybridized carbons (Fsp3) is 0.692. The van der Waals surface area contributed by atoms with E-state index in [0.717, 1.165) is 38.0 Å². The Hall–Kier alpha value is -0.940. The van der Waals surface area contributed by atoms with Gasteiger partial charge in [0.25, 0.3) is 0 Å². The molecule has 0 aliphatic heterocycles. The zero-order valence-electron chi connectivity index (χ0n) is 11.5. The lowest BCUT2D eigenvalue weighted by molar-refractivity contribution is -0.124. The molecule has 1 heterocycles. The van der Waals surface area contributed by atoms with Gasteiger partial charge in [-0.15, -0.1) is 11.3 Å². The monoisotopic (exact) mass is 269 g/mol. The second kappa shape index (κ2) is 8.21. The Labute approximate surface area is 113 Å². The van der Waals surface area contributed by atoms with E-state index < -0.39 is 0 Å². The minimum absolute atomic E-state index is 0.0385. The number of thiazole rings is 1. The Morgan fingerprint density at radius 1 is 1.50 bits per heavy atom. The van der Waals surface area contributed by atoms with Gasteiger partial charge in [-0.1, -0.05) is 6.92 Å². The maximum atomic E-state index is 11.6. The van der Waals surface area contributed by atoms with Crippen molar-refractivity contribution >= 4 is 17.2 Å². The van der Waals surface area contributed by atoms with Gasteiger partial charge < -0.3 is 10.6 Å². The molecule has 0 aliphatic carbocycles. The molecule has 102 valence electrons. The standard InChI is InChI=1S/C13H23N3OS/c1-10(8-14-3)13(17)15-7-5-4-6-12-16-11(2)9-18-12/h9-10,14H,4-8H2,1-3H3,(H,15,17). The van der Waals surface area contributed by atoms with Gasteiger partial charge in [-0.05, 0) is 33.2 Å². The van der Waals surface area contributed by atoms with Crippen molar-refractivity contribution in [2.45, 2.75) is 33.1 Å². The van der Waals surface area contributed by atoms with E-state index in [9.17, 15) is 4.79 Å². The number of amides is 1. The van der Waals surface area contributed by atoms with Crippen LogP contribution in [0.2, 0.25) is 0 Å². The van der Waals surface area contributed by atoms with Gasteiger partial charge in [0.15, 0.2) is 0 Å². The van der Waals surface area contributed by atoms with Crippen molar-refractivity contribution in [3.8, 4) is 0 Å². The Kier molecular flexibility index (Phi) is 6.90. The highest BCUT2D eigenvalue weighted by Crippen LogP contribution is 2.11. The van der Waals surface area contributed by atoms with Crippen molar-refractivity contribution in [3.05, 3.63) is 16.1 Å². The van der Waals surface area contributed by atoms with E-state index in [2.05, 4.69) is 21.0 Å². The Balaban J connectivity index is 2.06. The summed E-state index contributed by atoms with van der Waals surface area (Å²) >= 11 is 1.72. The van der Waals surface area contributed by atoms with Crippen molar-refractivity contribution in [1.82, 2.24) is 15.6 Å². The summed E-state index contributed by atoms with van der Waals surface area (Å²) in [6, 6.07) is 0. The molecule has 18 heavy (non-hydrogen) atoms. The Morgan fingerprint density at radius 3 is 2.89 bits per heavy atom. The molecule has 1 amide bonds. The number of hydrogen-bond acceptors (Lipinski definition) is 4. The summed E-state index contributed by atoms with van der Waals surface area (Å²) in [4.78, 5) is 16.0. The number of rotatable bonds is 8. The van der Waals surface area contributed by atoms with E-state index in [-0.39, 0.29) is 11.8 Å². The van der Waals surface area contributed by atoms with E-state index in [1.54, 1.807) is 11.3 Å². The van der Waals surface area contributed by atoms with Crippen LogP contribution in [0.5, 0.6) is 0 Å². The molecule has 0 saturated heterocycles. The zero-order valence-corrected chi connectivity index (χ0v) is 12.3. The predicted molar refractivity (Wildman–Crippen MR) is 75.9 cm³/mol. The molecule has 0 spiro atoms. The molecule has 0 fully saturated rings. The summed E-state index contributed by atoms with van der Waals surface area (Å²) in [5.74, 6) is 0.172. The van der Waals surface area contributed by atoms with E-state index in [4.69, 9.17) is 0 Å². The van der Waals surface area contributed by atoms with Crippen LogP contribution in [-0.4, -0.2) is 31.0 Å². The fourth-order valence-electron chi connectivity index (χ4n) is 1.70. The van der Waals surface area contributed by atoms with Gasteiger partial charge in [0, 0.05) is 30.1 Å². The zero-order chi connectivity index (χ0) is 13.4. The van der Waals surface area contributed by atoms with Crippen molar-refractivity contribution in [1.29, 1.82) is 0 Å². The number of hydrogen-bond donors (Lipinski definition) is 2. The first-order valence-corrected chi connectivity index (χ1v) is 7.34. The van der Waals surface area contributed by atoms with Crippen LogP contribution < -0.4 is 10.6 Å². The molecule has 1 aromatic heterocycles. The minimum atomic E-state index is 0.0385. The number of aromatic nitrogens is 1. The first kappa shape index (κ1) is 15.1. The predicted octanol–water partition coefficient (Wildman–Crippen LogP) is 1.75. The Morgan fingerprint density at radius 2 is 2.28 bits per heavy atom. The smallest absolute Gasteiger partial charge is 0.224 e. The average Bonchev–Trinajstić information content (AvgIpc) is 2.74. The SMILES string of the molecule is CNCC(C)C(=O)NCCCCc1nc(C)cs1. The number of unbranched alkanes of at least 4 members (excludes halogenated alkanes) is 1. The number of carbonyl (C=O) groups excluding carboxylic acids is 1. The summed E-state index contributed by atoms with van der Waals surface area (Å²) in [6.45, 7) is 5.44. The molecule has 4 nitrogen and oxygen atoms in total. The first-order valence-electron chi connectivity index (χ1n) is 6.46. The summed E-state index contributed by atoms with van der Waals surface area (Å²) in [5.41, 5.74) is 1.10. The minimum Gasteiger partial charge on any atom is -0.356 e. The molecule has 0 bridgehead atoms. The number of aryl methyl sites for hydroxylation is 2. The van der Waals surface area contributed by atoms with E-state index >= 15 is 0 Å². The van der Waals surface area contributed by atoms with Crippen molar-refractivity contribution in [2.75, 3.05) is 20.1 Å². The van der Waals surface area contributed by atoms with Gasteiger partial charge >= 0.3 is 0 Å². The van der Waals surface area contributed by atoms with Gasteiger partial charge in [-0.3, -0.25) is 4.79 Å². The molecular weight excluding hydrogens is 246 g/mol. The van der Waals surface area contributed by atoms with Crippen LogP contribution in [0.15, 0.2) is 5.38 Å². The van der Waals surface area contributed by atoms with Crippen LogP contribution in [0, 0.1) is 12.8 Å². The maximum Gasteiger partial charge on any atom is 0.224 e. The fourth-order valence-corrected chi connectivity index (χ4v) is 2.52. The molecule has 0 saturated carbocycles. The molecule has 0 aromatic carbocycles. The molecular formula is C13H23N3OS. The number of nitrogens with one attached hydrogen (secondary N) is 2. The summed E-state index contributed by atoms with van der Waals surface area (Å²) in [7, 11) is 1.86. The van der Waals surface area contributed by atoms with Crippen LogP contribution in [0.3, 0.4) is 0 Å². The lowest BCUT2D eigenvalue weighted by Gasteiger charge is -2.11. The Bertz CT molecular complexity index is 365. The van der Waals surface area contributed by atoms with E-state index in [0.29, 0.717) is 0 Å². The lowest BCUT2D eigenvalue weighted by atomic mass is 10.1. The average molecular weight is 269 g/mol. The molecule has 0 aliphatic rings. The largest absolute Gasteiger partial charge is 0.356 e. The van der Waals surface area contributed by atoms with Gasteiger partial charge in [-0.25, -0.2) is 4.98 Å². The van der Waals surface area contributed by atoms with Crippen LogP contribution in [0.4, 0.5) is 0 Å². The molecule has 1 unspecified atom stereocenters. The first-order chi connectivity index (χ1) is 8.63. The van der Waals surface area contributed by atoms with Crippen LogP contribution in [-0.2, 0) is 11.2 Å². The summed E-state index contributed by atoms with van der Waals surface area (Å²) in [6.07, 6.45) is 3.10. The lowest BCUT2D eigenvalue weighted by Crippen LogP contribution is -2.34. The summed E-state index contributed by atoms with van der Waals surface area (Å²) in [5, 5.41) is 9.25. The van der Waals surface area contributed by atoms with E-state index in [1.165, 1.54) is 5.01 Å². The van der Waals surface area contributed by atoms with Crippen LogP contribution >= 0.6 is 11.3 Å². The van der Waals surface area contributed by atoms with Gasteiger partial charge in [0.2, 0.25) is 5.91 Å². The molecule has 0 radical (unpaired) electrons.